The Labute approximate surface area is 183 Å². The quantitative estimate of drug-likeness (QED) is 0.788. The average Bonchev–Trinajstić information content (AvgIpc) is 3.21. The summed E-state index contributed by atoms with van der Waals surface area (Å²) < 4.78 is 5.71. The van der Waals surface area contributed by atoms with Gasteiger partial charge >= 0.3 is 6.03 Å². The van der Waals surface area contributed by atoms with Crippen LogP contribution < -0.4 is 25.2 Å². The van der Waals surface area contributed by atoms with Gasteiger partial charge in [0.25, 0.3) is 0 Å². The van der Waals surface area contributed by atoms with Crippen molar-refractivity contribution < 1.29 is 14.3 Å². The van der Waals surface area contributed by atoms with Gasteiger partial charge in [-0.15, -0.1) is 0 Å². The number of nitrogens with one attached hydrogen (secondary N) is 2. The van der Waals surface area contributed by atoms with Crippen molar-refractivity contribution in [1.29, 1.82) is 0 Å². The van der Waals surface area contributed by atoms with Gasteiger partial charge in [-0.05, 0) is 36.8 Å². The first-order valence-electron chi connectivity index (χ1n) is 10.8. The van der Waals surface area contributed by atoms with Gasteiger partial charge in [0, 0.05) is 35.9 Å². The van der Waals surface area contributed by atoms with Crippen LogP contribution in [0.5, 0.6) is 5.75 Å². The van der Waals surface area contributed by atoms with E-state index in [0.29, 0.717) is 30.3 Å². The second-order valence-corrected chi connectivity index (χ2v) is 9.10. The molecule has 31 heavy (non-hydrogen) atoms. The van der Waals surface area contributed by atoms with Crippen molar-refractivity contribution >= 4 is 29.0 Å². The molecule has 2 heterocycles. The molecule has 1 saturated heterocycles. The molecule has 7 heteroatoms. The number of carbonyl (C=O) groups excluding carboxylic acids is 2. The van der Waals surface area contributed by atoms with E-state index < -0.39 is 5.41 Å². The van der Waals surface area contributed by atoms with Crippen molar-refractivity contribution in [2.24, 2.45) is 5.41 Å². The van der Waals surface area contributed by atoms with Gasteiger partial charge in [0.15, 0.2) is 0 Å². The van der Waals surface area contributed by atoms with Crippen LogP contribution in [0.3, 0.4) is 0 Å². The number of fused-ring (bicyclic) bond motifs is 1. The highest BCUT2D eigenvalue weighted by Crippen LogP contribution is 2.36. The summed E-state index contributed by atoms with van der Waals surface area (Å²) in [6, 6.07) is 15.5. The van der Waals surface area contributed by atoms with Crippen LogP contribution in [0, 0.1) is 5.41 Å². The Hall–Kier alpha value is -3.22. The largest absolute Gasteiger partial charge is 0.490 e. The maximum Gasteiger partial charge on any atom is 0.319 e. The second kappa shape index (κ2) is 8.49. The molecule has 0 aromatic heterocycles. The number of rotatable bonds is 3. The van der Waals surface area contributed by atoms with Crippen LogP contribution in [0.2, 0.25) is 0 Å². The zero-order valence-electron chi connectivity index (χ0n) is 18.4. The zero-order chi connectivity index (χ0) is 22.0. The number of carbonyl (C=O) groups is 2. The van der Waals surface area contributed by atoms with E-state index in [1.54, 1.807) is 17.0 Å². The molecule has 0 spiro atoms. The Morgan fingerprint density at radius 3 is 2.58 bits per heavy atom. The second-order valence-electron chi connectivity index (χ2n) is 9.10. The van der Waals surface area contributed by atoms with E-state index in [4.69, 9.17) is 4.74 Å². The molecule has 0 saturated carbocycles. The fraction of sp³-hybridized carbons (Fsp3) is 0.417. The van der Waals surface area contributed by atoms with Crippen molar-refractivity contribution in [3.63, 3.8) is 0 Å². The minimum atomic E-state index is -0.498. The molecule has 0 radical (unpaired) electrons. The molecule has 0 bridgehead atoms. The third-order valence-corrected chi connectivity index (χ3v) is 5.61. The number of para-hydroxylation sites is 1. The van der Waals surface area contributed by atoms with E-state index in [2.05, 4.69) is 27.7 Å². The van der Waals surface area contributed by atoms with Gasteiger partial charge < -0.3 is 25.2 Å². The van der Waals surface area contributed by atoms with Crippen molar-refractivity contribution in [2.75, 3.05) is 41.4 Å². The first-order valence-corrected chi connectivity index (χ1v) is 10.8. The number of urea groups is 1. The molecule has 2 aromatic rings. The number of ether oxygens (including phenoxy) is 1. The summed E-state index contributed by atoms with van der Waals surface area (Å²) in [6.07, 6.45) is 0.897. The SMILES string of the molecule is CC(C)(C)C(=O)N1CCOc2ccc(NC(=O)NC3CCN(c4ccccc4)C3)cc21. The molecule has 0 aliphatic carbocycles. The third kappa shape index (κ3) is 4.76. The molecule has 2 aliphatic rings. The lowest BCUT2D eigenvalue weighted by Crippen LogP contribution is -2.44. The molecule has 2 aliphatic heterocycles. The molecule has 2 aromatic carbocycles. The Balaban J connectivity index is 1.40. The first kappa shape index (κ1) is 21.0. The van der Waals surface area contributed by atoms with E-state index in [1.165, 1.54) is 5.69 Å². The fourth-order valence-electron chi connectivity index (χ4n) is 4.02. The predicted molar refractivity (Wildman–Crippen MR) is 123 cm³/mol. The van der Waals surface area contributed by atoms with Crippen molar-refractivity contribution in [3.05, 3.63) is 48.5 Å². The Bertz CT molecular complexity index is 955. The Kier molecular flexibility index (Phi) is 5.76. The van der Waals surface area contributed by atoms with Gasteiger partial charge in [-0.3, -0.25) is 4.79 Å². The number of hydrogen-bond donors (Lipinski definition) is 2. The van der Waals surface area contributed by atoms with E-state index >= 15 is 0 Å². The van der Waals surface area contributed by atoms with Crippen LogP contribution in [0.15, 0.2) is 48.5 Å². The predicted octanol–water partition coefficient (Wildman–Crippen LogP) is 3.86. The summed E-state index contributed by atoms with van der Waals surface area (Å²) in [5.74, 6) is 0.690. The van der Waals surface area contributed by atoms with Crippen molar-refractivity contribution in [3.8, 4) is 5.75 Å². The molecule has 1 fully saturated rings. The number of hydrogen-bond acceptors (Lipinski definition) is 4. The lowest BCUT2D eigenvalue weighted by atomic mass is 9.94. The summed E-state index contributed by atoms with van der Waals surface area (Å²) in [6.45, 7) is 8.36. The standard InChI is InChI=1S/C24H30N4O3/c1-24(2,3)22(29)28-13-14-31-21-10-9-17(15-20(21)28)25-23(30)26-18-11-12-27(16-18)19-7-5-4-6-8-19/h4-10,15,18H,11-14,16H2,1-3H3,(H2,25,26,30). The van der Waals surface area contributed by atoms with E-state index in [-0.39, 0.29) is 18.0 Å². The van der Waals surface area contributed by atoms with Gasteiger partial charge in [0.05, 0.1) is 12.2 Å². The lowest BCUT2D eigenvalue weighted by molar-refractivity contribution is -0.126. The number of anilines is 3. The minimum absolute atomic E-state index is 0.0330. The monoisotopic (exact) mass is 422 g/mol. The average molecular weight is 423 g/mol. The van der Waals surface area contributed by atoms with Crippen LogP contribution in [0.25, 0.3) is 0 Å². The molecule has 7 nitrogen and oxygen atoms in total. The van der Waals surface area contributed by atoms with Crippen LogP contribution in [0.1, 0.15) is 27.2 Å². The van der Waals surface area contributed by atoms with Gasteiger partial charge in [0.2, 0.25) is 5.91 Å². The maximum absolute atomic E-state index is 12.9. The molecular weight excluding hydrogens is 392 g/mol. The van der Waals surface area contributed by atoms with Crippen LogP contribution in [0.4, 0.5) is 21.9 Å². The molecular formula is C24H30N4O3. The molecule has 1 unspecified atom stereocenters. The normalized spacial score (nSPS) is 18.2. The highest BCUT2D eigenvalue weighted by Gasteiger charge is 2.32. The smallest absolute Gasteiger partial charge is 0.319 e. The maximum atomic E-state index is 12.9. The lowest BCUT2D eigenvalue weighted by Gasteiger charge is -2.34. The zero-order valence-corrected chi connectivity index (χ0v) is 18.4. The molecule has 1 atom stereocenters. The van der Waals surface area contributed by atoms with Gasteiger partial charge in [0.1, 0.15) is 12.4 Å². The number of amides is 3. The highest BCUT2D eigenvalue weighted by molar-refractivity contribution is 6.00. The number of nitrogens with zero attached hydrogens (tertiary/aromatic N) is 2. The minimum Gasteiger partial charge on any atom is -0.490 e. The molecule has 4 rings (SSSR count). The van der Waals surface area contributed by atoms with Gasteiger partial charge in [-0.1, -0.05) is 39.0 Å². The van der Waals surface area contributed by atoms with E-state index in [0.717, 1.165) is 19.5 Å². The fourth-order valence-corrected chi connectivity index (χ4v) is 4.02. The highest BCUT2D eigenvalue weighted by atomic mass is 16.5. The third-order valence-electron chi connectivity index (χ3n) is 5.61. The summed E-state index contributed by atoms with van der Waals surface area (Å²) >= 11 is 0. The van der Waals surface area contributed by atoms with Gasteiger partial charge in [-0.2, -0.15) is 0 Å². The summed E-state index contributed by atoms with van der Waals surface area (Å²) in [4.78, 5) is 29.5. The van der Waals surface area contributed by atoms with E-state index in [9.17, 15) is 9.59 Å². The topological polar surface area (TPSA) is 73.9 Å². The van der Waals surface area contributed by atoms with Crippen LogP contribution >= 0.6 is 0 Å². The molecule has 2 N–H and O–H groups in total. The Morgan fingerprint density at radius 2 is 1.84 bits per heavy atom. The summed E-state index contributed by atoms with van der Waals surface area (Å²) in [5.41, 5.74) is 2.00. The van der Waals surface area contributed by atoms with Crippen molar-refractivity contribution in [1.82, 2.24) is 5.32 Å². The number of benzene rings is 2. The first-order chi connectivity index (χ1) is 14.8. The van der Waals surface area contributed by atoms with Crippen molar-refractivity contribution in [2.45, 2.75) is 33.2 Å². The van der Waals surface area contributed by atoms with Gasteiger partial charge in [-0.25, -0.2) is 4.79 Å². The summed E-state index contributed by atoms with van der Waals surface area (Å²) in [7, 11) is 0. The molecule has 3 amide bonds. The molecule has 164 valence electrons. The van der Waals surface area contributed by atoms with Crippen LogP contribution in [-0.2, 0) is 4.79 Å². The van der Waals surface area contributed by atoms with Crippen LogP contribution in [-0.4, -0.2) is 44.2 Å². The Morgan fingerprint density at radius 1 is 1.06 bits per heavy atom. The van der Waals surface area contributed by atoms with E-state index in [1.807, 2.05) is 45.0 Å². The summed E-state index contributed by atoms with van der Waals surface area (Å²) in [5, 5.41) is 5.97.